The molecule has 5 heteroatoms. The van der Waals surface area contributed by atoms with Crippen LogP contribution in [0.15, 0.2) is 18.3 Å². The van der Waals surface area contributed by atoms with Crippen LogP contribution in [0.4, 0.5) is 5.82 Å². The molecule has 0 radical (unpaired) electrons. The predicted octanol–water partition coefficient (Wildman–Crippen LogP) is 2.53. The number of aromatic nitrogens is 1. The average Bonchev–Trinajstić information content (AvgIpc) is 2.47. The van der Waals surface area contributed by atoms with Crippen LogP contribution in [-0.4, -0.2) is 35.5 Å². The molecule has 0 aromatic carbocycles. The molecule has 1 amide bonds. The third-order valence-electron chi connectivity index (χ3n) is 3.58. The summed E-state index contributed by atoms with van der Waals surface area (Å²) in [6, 6.07) is 3.94. The van der Waals surface area contributed by atoms with Gasteiger partial charge in [-0.15, -0.1) is 0 Å². The molecule has 1 aromatic heterocycles. The van der Waals surface area contributed by atoms with Gasteiger partial charge in [0.25, 0.3) is 5.91 Å². The lowest BCUT2D eigenvalue weighted by atomic mass is 9.95. The van der Waals surface area contributed by atoms with Crippen LogP contribution in [-0.2, 0) is 0 Å². The van der Waals surface area contributed by atoms with Crippen LogP contribution in [0.5, 0.6) is 0 Å². The van der Waals surface area contributed by atoms with E-state index in [-0.39, 0.29) is 5.91 Å². The highest BCUT2D eigenvalue weighted by Crippen LogP contribution is 2.27. The maximum absolute atomic E-state index is 12.1. The number of amides is 1. The molecule has 0 bridgehead atoms. The maximum atomic E-state index is 12.1. The third-order valence-corrected chi connectivity index (χ3v) is 4.67. The Labute approximate surface area is 118 Å². The van der Waals surface area contributed by atoms with Crippen molar-refractivity contribution in [3.8, 4) is 0 Å². The SMILES string of the molecule is CNc1ccc(C(=O)NC2CCCC(SC)C2)cn1. The van der Waals surface area contributed by atoms with Crippen LogP contribution in [0.2, 0.25) is 0 Å². The van der Waals surface area contributed by atoms with Gasteiger partial charge in [0.1, 0.15) is 5.82 Å². The Morgan fingerprint density at radius 2 is 2.26 bits per heavy atom. The Kier molecular flexibility index (Phi) is 5.07. The fraction of sp³-hybridized carbons (Fsp3) is 0.571. The number of anilines is 1. The zero-order valence-electron chi connectivity index (χ0n) is 11.5. The van der Waals surface area contributed by atoms with Crippen molar-refractivity contribution in [1.29, 1.82) is 0 Å². The quantitative estimate of drug-likeness (QED) is 0.889. The number of pyridine rings is 1. The minimum Gasteiger partial charge on any atom is -0.373 e. The van der Waals surface area contributed by atoms with Crippen LogP contribution in [0, 0.1) is 0 Å². The van der Waals surface area contributed by atoms with Crippen molar-refractivity contribution < 1.29 is 4.79 Å². The number of hydrogen-bond acceptors (Lipinski definition) is 4. The first kappa shape index (κ1) is 14.2. The van der Waals surface area contributed by atoms with Gasteiger partial charge in [-0.05, 0) is 37.7 Å². The first-order valence-electron chi connectivity index (χ1n) is 6.70. The highest BCUT2D eigenvalue weighted by Gasteiger charge is 2.22. The Morgan fingerprint density at radius 3 is 2.89 bits per heavy atom. The lowest BCUT2D eigenvalue weighted by molar-refractivity contribution is 0.0928. The molecular weight excluding hydrogens is 258 g/mol. The number of rotatable bonds is 4. The van der Waals surface area contributed by atoms with E-state index < -0.39 is 0 Å². The Hall–Kier alpha value is -1.23. The van der Waals surface area contributed by atoms with Crippen LogP contribution in [0.25, 0.3) is 0 Å². The van der Waals surface area contributed by atoms with Crippen LogP contribution >= 0.6 is 11.8 Å². The summed E-state index contributed by atoms with van der Waals surface area (Å²) >= 11 is 1.91. The molecule has 1 aliphatic carbocycles. The van der Waals surface area contributed by atoms with Crippen molar-refractivity contribution >= 4 is 23.5 Å². The molecule has 104 valence electrons. The fourth-order valence-electron chi connectivity index (χ4n) is 2.43. The first-order valence-corrected chi connectivity index (χ1v) is 7.99. The van der Waals surface area contributed by atoms with Gasteiger partial charge >= 0.3 is 0 Å². The van der Waals surface area contributed by atoms with Crippen LogP contribution in [0.3, 0.4) is 0 Å². The van der Waals surface area contributed by atoms with Crippen molar-refractivity contribution in [1.82, 2.24) is 10.3 Å². The van der Waals surface area contributed by atoms with Crippen molar-refractivity contribution in [2.75, 3.05) is 18.6 Å². The van der Waals surface area contributed by atoms with E-state index in [1.54, 1.807) is 6.20 Å². The van der Waals surface area contributed by atoms with Gasteiger partial charge in [0.05, 0.1) is 5.56 Å². The molecule has 0 saturated heterocycles. The van der Waals surface area contributed by atoms with Gasteiger partial charge in [-0.2, -0.15) is 11.8 Å². The third kappa shape index (κ3) is 3.86. The number of carbonyl (C=O) groups is 1. The summed E-state index contributed by atoms with van der Waals surface area (Å²) in [5, 5.41) is 6.75. The normalized spacial score (nSPS) is 22.8. The van der Waals surface area contributed by atoms with Gasteiger partial charge < -0.3 is 10.6 Å². The summed E-state index contributed by atoms with van der Waals surface area (Å²) in [4.78, 5) is 16.3. The summed E-state index contributed by atoms with van der Waals surface area (Å²) in [6.07, 6.45) is 8.41. The molecule has 2 N–H and O–H groups in total. The number of hydrogen-bond donors (Lipinski definition) is 2. The van der Waals surface area contributed by atoms with Crippen LogP contribution < -0.4 is 10.6 Å². The van der Waals surface area contributed by atoms with Gasteiger partial charge in [0.15, 0.2) is 0 Å². The zero-order valence-corrected chi connectivity index (χ0v) is 12.3. The van der Waals surface area contributed by atoms with E-state index in [0.29, 0.717) is 16.9 Å². The molecule has 4 nitrogen and oxygen atoms in total. The van der Waals surface area contributed by atoms with E-state index in [1.165, 1.54) is 12.8 Å². The largest absolute Gasteiger partial charge is 0.373 e. The molecule has 1 saturated carbocycles. The molecule has 1 aliphatic rings. The molecule has 19 heavy (non-hydrogen) atoms. The first-order chi connectivity index (χ1) is 9.22. The summed E-state index contributed by atoms with van der Waals surface area (Å²) in [6.45, 7) is 0. The van der Waals surface area contributed by atoms with E-state index in [0.717, 1.165) is 18.7 Å². The fourth-order valence-corrected chi connectivity index (χ4v) is 3.26. The maximum Gasteiger partial charge on any atom is 0.253 e. The van der Waals surface area contributed by atoms with E-state index >= 15 is 0 Å². The molecule has 2 rings (SSSR count). The lowest BCUT2D eigenvalue weighted by Gasteiger charge is -2.28. The minimum absolute atomic E-state index is 0.0121. The summed E-state index contributed by atoms with van der Waals surface area (Å²) in [7, 11) is 1.81. The van der Waals surface area contributed by atoms with Gasteiger partial charge in [0, 0.05) is 24.5 Å². The zero-order chi connectivity index (χ0) is 13.7. The van der Waals surface area contributed by atoms with E-state index in [4.69, 9.17) is 0 Å². The Balaban J connectivity index is 1.92. The molecule has 0 spiro atoms. The number of nitrogens with one attached hydrogen (secondary N) is 2. The number of nitrogens with zero attached hydrogens (tertiary/aromatic N) is 1. The lowest BCUT2D eigenvalue weighted by Crippen LogP contribution is -2.39. The van der Waals surface area contributed by atoms with E-state index in [1.807, 2.05) is 30.9 Å². The number of thioether (sulfide) groups is 1. The highest BCUT2D eigenvalue weighted by molar-refractivity contribution is 7.99. The summed E-state index contributed by atoms with van der Waals surface area (Å²) in [5.74, 6) is 0.763. The standard InChI is InChI=1S/C14H21N3OS/c1-15-13-7-6-10(9-16-13)14(18)17-11-4-3-5-12(8-11)19-2/h6-7,9,11-12H,3-5,8H2,1-2H3,(H,15,16)(H,17,18). The molecule has 1 heterocycles. The van der Waals surface area contributed by atoms with Crippen molar-refractivity contribution in [2.45, 2.75) is 37.0 Å². The smallest absolute Gasteiger partial charge is 0.253 e. The van der Waals surface area contributed by atoms with Crippen molar-refractivity contribution in [3.05, 3.63) is 23.9 Å². The second kappa shape index (κ2) is 6.80. The van der Waals surface area contributed by atoms with Crippen molar-refractivity contribution in [2.24, 2.45) is 0 Å². The van der Waals surface area contributed by atoms with Crippen LogP contribution in [0.1, 0.15) is 36.0 Å². The van der Waals surface area contributed by atoms with Crippen molar-refractivity contribution in [3.63, 3.8) is 0 Å². The van der Waals surface area contributed by atoms with Gasteiger partial charge in [-0.1, -0.05) is 6.42 Å². The average molecular weight is 279 g/mol. The minimum atomic E-state index is -0.0121. The van der Waals surface area contributed by atoms with E-state index in [9.17, 15) is 4.79 Å². The molecule has 0 aliphatic heterocycles. The molecule has 2 atom stereocenters. The van der Waals surface area contributed by atoms with E-state index in [2.05, 4.69) is 21.9 Å². The van der Waals surface area contributed by atoms with Gasteiger partial charge in [0.2, 0.25) is 0 Å². The monoisotopic (exact) mass is 279 g/mol. The number of carbonyl (C=O) groups excluding carboxylic acids is 1. The summed E-state index contributed by atoms with van der Waals surface area (Å²) < 4.78 is 0. The Bertz CT molecular complexity index is 421. The molecule has 1 fully saturated rings. The molecule has 2 unspecified atom stereocenters. The second-order valence-corrected chi connectivity index (χ2v) is 6.01. The molecule has 1 aromatic rings. The van der Waals surface area contributed by atoms with Gasteiger partial charge in [-0.25, -0.2) is 4.98 Å². The second-order valence-electron chi connectivity index (χ2n) is 4.88. The topological polar surface area (TPSA) is 54.0 Å². The van der Waals surface area contributed by atoms with Gasteiger partial charge in [-0.3, -0.25) is 4.79 Å². The predicted molar refractivity (Wildman–Crippen MR) is 80.8 cm³/mol. The highest BCUT2D eigenvalue weighted by atomic mass is 32.2. The molecular formula is C14H21N3OS. The Morgan fingerprint density at radius 1 is 1.42 bits per heavy atom. The summed E-state index contributed by atoms with van der Waals surface area (Å²) in [5.41, 5.74) is 0.630.